The van der Waals surface area contributed by atoms with Crippen molar-refractivity contribution in [2.24, 2.45) is 0 Å². The van der Waals surface area contributed by atoms with Crippen LogP contribution in [-0.2, 0) is 13.0 Å². The maximum absolute atomic E-state index is 13.8. The van der Waals surface area contributed by atoms with Gasteiger partial charge in [-0.3, -0.25) is 14.6 Å². The number of benzene rings is 3. The lowest BCUT2D eigenvalue weighted by Crippen LogP contribution is -2.37. The lowest BCUT2D eigenvalue weighted by molar-refractivity contribution is 0.0728. The Kier molecular flexibility index (Phi) is 7.25. The smallest absolute Gasteiger partial charge is 0.256 e. The summed E-state index contributed by atoms with van der Waals surface area (Å²) in [5, 5.41) is 4.13. The van der Waals surface area contributed by atoms with E-state index >= 15 is 0 Å². The van der Waals surface area contributed by atoms with Crippen molar-refractivity contribution in [3.8, 4) is 17.1 Å². The molecular weight excluding hydrogens is 526 g/mol. The number of carbonyl (C=O) groups excluding carboxylic acids is 1. The van der Waals surface area contributed by atoms with Gasteiger partial charge in [0.1, 0.15) is 17.1 Å². The van der Waals surface area contributed by atoms with Gasteiger partial charge in [-0.05, 0) is 80.3 Å². The Balaban J connectivity index is 1.35. The fourth-order valence-corrected chi connectivity index (χ4v) is 5.77. The molecular formula is C35H33N3O4. The maximum atomic E-state index is 13.8. The molecule has 1 aliphatic heterocycles. The van der Waals surface area contributed by atoms with Crippen molar-refractivity contribution in [3.05, 3.63) is 123 Å². The van der Waals surface area contributed by atoms with Crippen LogP contribution in [0.1, 0.15) is 51.1 Å². The number of ether oxygens (including phenoxy) is 1. The van der Waals surface area contributed by atoms with Gasteiger partial charge in [0.05, 0.1) is 24.1 Å². The molecule has 0 radical (unpaired) electrons. The van der Waals surface area contributed by atoms with Gasteiger partial charge in [-0.25, -0.2) is 0 Å². The van der Waals surface area contributed by atoms with E-state index < -0.39 is 0 Å². The number of nitrogens with zero attached hydrogens (tertiary/aromatic N) is 2. The fraction of sp³-hybridized carbons (Fsp3) is 0.229. The van der Waals surface area contributed by atoms with E-state index in [0.29, 0.717) is 40.9 Å². The van der Waals surface area contributed by atoms with E-state index in [-0.39, 0.29) is 17.4 Å². The molecule has 7 heteroatoms. The first kappa shape index (κ1) is 27.3. The number of hydrogen-bond acceptors (Lipinski definition) is 6. The van der Waals surface area contributed by atoms with Gasteiger partial charge in [-0.2, -0.15) is 0 Å². The van der Waals surface area contributed by atoms with E-state index in [1.807, 2.05) is 85.5 Å². The van der Waals surface area contributed by atoms with Crippen molar-refractivity contribution in [1.82, 2.24) is 9.88 Å². The number of fused-ring (bicyclic) bond motifs is 2. The Labute approximate surface area is 244 Å². The van der Waals surface area contributed by atoms with Gasteiger partial charge < -0.3 is 19.4 Å². The molecule has 0 fully saturated rings. The Morgan fingerprint density at radius 3 is 2.60 bits per heavy atom. The Morgan fingerprint density at radius 2 is 1.86 bits per heavy atom. The summed E-state index contributed by atoms with van der Waals surface area (Å²) < 4.78 is 11.7. The minimum Gasteiger partial charge on any atom is -0.497 e. The molecule has 0 saturated heterocycles. The molecule has 7 nitrogen and oxygen atoms in total. The Morgan fingerprint density at radius 1 is 1.05 bits per heavy atom. The minimum absolute atomic E-state index is 0.00233. The van der Waals surface area contributed by atoms with Gasteiger partial charge in [0, 0.05) is 47.9 Å². The van der Waals surface area contributed by atoms with E-state index in [1.54, 1.807) is 26.4 Å². The molecule has 1 aliphatic rings. The van der Waals surface area contributed by atoms with Crippen LogP contribution in [0.15, 0.2) is 88.3 Å². The summed E-state index contributed by atoms with van der Waals surface area (Å²) in [6.45, 7) is 6.97. The quantitative estimate of drug-likeness (QED) is 0.235. The van der Waals surface area contributed by atoms with Gasteiger partial charge in [0.25, 0.3) is 5.91 Å². The highest BCUT2D eigenvalue weighted by molar-refractivity contribution is 6.02. The van der Waals surface area contributed by atoms with E-state index in [0.717, 1.165) is 45.7 Å². The normalized spacial score (nSPS) is 13.6. The molecule has 6 rings (SSSR count). The molecule has 3 aromatic carbocycles. The summed E-state index contributed by atoms with van der Waals surface area (Å²) in [4.78, 5) is 33.4. The standard InChI is InChI=1S/C35H33N3O4/c1-21-17-28(34-29(18-21)32(39)22(2)33(42-34)26-8-6-15-36-19-26)23(3)37-30-9-5-7-25-14-16-38(35(40)31(25)30)20-24-10-12-27(41-4)13-11-24/h5-13,15,17-19,23,37H,14,16,20H2,1-4H3/t23-/m1/s1. The van der Waals surface area contributed by atoms with Crippen LogP contribution in [0.2, 0.25) is 0 Å². The third-order valence-corrected chi connectivity index (χ3v) is 7.99. The van der Waals surface area contributed by atoms with Crippen molar-refractivity contribution < 1.29 is 13.9 Å². The van der Waals surface area contributed by atoms with E-state index in [4.69, 9.17) is 9.15 Å². The second kappa shape index (κ2) is 11.2. The maximum Gasteiger partial charge on any atom is 0.256 e. The molecule has 212 valence electrons. The number of rotatable bonds is 7. The predicted octanol–water partition coefficient (Wildman–Crippen LogP) is 6.85. The molecule has 1 N–H and O–H groups in total. The first-order valence-electron chi connectivity index (χ1n) is 14.1. The van der Waals surface area contributed by atoms with E-state index in [1.165, 1.54) is 0 Å². The first-order valence-corrected chi connectivity index (χ1v) is 14.1. The molecule has 3 heterocycles. The number of pyridine rings is 1. The van der Waals surface area contributed by atoms with Gasteiger partial charge >= 0.3 is 0 Å². The summed E-state index contributed by atoms with van der Waals surface area (Å²) in [5.74, 6) is 1.30. The molecule has 0 saturated carbocycles. The zero-order chi connectivity index (χ0) is 29.4. The summed E-state index contributed by atoms with van der Waals surface area (Å²) in [6.07, 6.45) is 4.17. The van der Waals surface area contributed by atoms with E-state index in [2.05, 4.69) is 10.3 Å². The minimum atomic E-state index is -0.253. The molecule has 0 bridgehead atoms. The Bertz CT molecular complexity index is 1850. The van der Waals surface area contributed by atoms with Gasteiger partial charge in [0.15, 0.2) is 5.43 Å². The predicted molar refractivity (Wildman–Crippen MR) is 165 cm³/mol. The van der Waals surface area contributed by atoms with Gasteiger partial charge in [-0.15, -0.1) is 0 Å². The SMILES string of the molecule is COc1ccc(CN2CCc3cccc(N[C@H](C)c4cc(C)cc5c(=O)c(C)c(-c6cccnc6)oc45)c3C2=O)cc1. The molecule has 5 aromatic rings. The molecule has 2 aromatic heterocycles. The van der Waals surface area contributed by atoms with Crippen molar-refractivity contribution in [1.29, 1.82) is 0 Å². The highest BCUT2D eigenvalue weighted by Crippen LogP contribution is 2.34. The first-order chi connectivity index (χ1) is 20.3. The average molecular weight is 560 g/mol. The molecule has 1 amide bonds. The summed E-state index contributed by atoms with van der Waals surface area (Å²) in [6, 6.07) is 21.2. The van der Waals surface area contributed by atoms with Crippen LogP contribution in [0.25, 0.3) is 22.3 Å². The average Bonchev–Trinajstić information content (AvgIpc) is 3.01. The van der Waals surface area contributed by atoms with Gasteiger partial charge in [-0.1, -0.05) is 30.3 Å². The van der Waals surface area contributed by atoms with Crippen molar-refractivity contribution in [2.45, 2.75) is 39.8 Å². The summed E-state index contributed by atoms with van der Waals surface area (Å²) >= 11 is 0. The van der Waals surface area contributed by atoms with Crippen molar-refractivity contribution >= 4 is 22.6 Å². The largest absolute Gasteiger partial charge is 0.497 e. The second-order valence-corrected chi connectivity index (χ2v) is 10.9. The third-order valence-electron chi connectivity index (χ3n) is 7.99. The lowest BCUT2D eigenvalue weighted by Gasteiger charge is -2.31. The van der Waals surface area contributed by atoms with Crippen LogP contribution in [0.5, 0.6) is 5.75 Å². The van der Waals surface area contributed by atoms with Crippen molar-refractivity contribution in [3.63, 3.8) is 0 Å². The summed E-state index contributed by atoms with van der Waals surface area (Å²) in [7, 11) is 1.64. The number of nitrogens with one attached hydrogen (secondary N) is 1. The number of hydrogen-bond donors (Lipinski definition) is 1. The van der Waals surface area contributed by atoms with Gasteiger partial charge in [0.2, 0.25) is 0 Å². The Hall–Kier alpha value is -4.91. The molecule has 1 atom stereocenters. The summed E-state index contributed by atoms with van der Waals surface area (Å²) in [5.41, 5.74) is 7.11. The zero-order valence-corrected chi connectivity index (χ0v) is 24.2. The highest BCUT2D eigenvalue weighted by atomic mass is 16.5. The number of aryl methyl sites for hydroxylation is 1. The van der Waals surface area contributed by atoms with Crippen LogP contribution >= 0.6 is 0 Å². The number of methoxy groups -OCH3 is 1. The van der Waals surface area contributed by atoms with Crippen molar-refractivity contribution in [2.75, 3.05) is 19.0 Å². The highest BCUT2D eigenvalue weighted by Gasteiger charge is 2.28. The fourth-order valence-electron chi connectivity index (χ4n) is 5.77. The van der Waals surface area contributed by atoms with Crippen LogP contribution in [-0.4, -0.2) is 29.4 Å². The number of aromatic nitrogens is 1. The zero-order valence-electron chi connectivity index (χ0n) is 24.2. The number of anilines is 1. The molecule has 0 spiro atoms. The van der Waals surface area contributed by atoms with E-state index in [9.17, 15) is 9.59 Å². The van der Waals surface area contributed by atoms with Crippen LogP contribution in [0, 0.1) is 13.8 Å². The lowest BCUT2D eigenvalue weighted by atomic mass is 9.95. The molecule has 0 aliphatic carbocycles. The topological polar surface area (TPSA) is 84.7 Å². The molecule has 42 heavy (non-hydrogen) atoms. The second-order valence-electron chi connectivity index (χ2n) is 10.9. The number of carbonyl (C=O) groups is 1. The number of amides is 1. The van der Waals surface area contributed by atoms with Crippen LogP contribution < -0.4 is 15.5 Å². The van der Waals surface area contributed by atoms with Crippen LogP contribution in [0.3, 0.4) is 0 Å². The van der Waals surface area contributed by atoms with Crippen LogP contribution in [0.4, 0.5) is 5.69 Å². The monoisotopic (exact) mass is 559 g/mol. The third kappa shape index (κ3) is 5.02. The molecule has 0 unspecified atom stereocenters.